The molecule has 2 saturated heterocycles. The predicted molar refractivity (Wildman–Crippen MR) is 52.4 cm³/mol. The van der Waals surface area contributed by atoms with E-state index in [1.54, 1.807) is 0 Å². The summed E-state index contributed by atoms with van der Waals surface area (Å²) in [5.74, 6) is -0.153. The molecular formula is C9H15N3O3. The summed E-state index contributed by atoms with van der Waals surface area (Å²) in [6, 6.07) is 0. The number of cyclic esters (lactones) is 1. The van der Waals surface area contributed by atoms with Crippen molar-refractivity contribution in [2.45, 2.75) is 0 Å². The molecule has 6 nitrogen and oxygen atoms in total. The summed E-state index contributed by atoms with van der Waals surface area (Å²) in [5.41, 5.74) is 0. The van der Waals surface area contributed by atoms with Crippen molar-refractivity contribution in [1.29, 1.82) is 0 Å². The van der Waals surface area contributed by atoms with E-state index in [1.807, 2.05) is 4.90 Å². The first-order chi connectivity index (χ1) is 7.27. The number of rotatable bonds is 2. The number of piperazine rings is 1. The van der Waals surface area contributed by atoms with Crippen molar-refractivity contribution in [3.05, 3.63) is 0 Å². The third-order valence-electron chi connectivity index (χ3n) is 2.63. The highest BCUT2D eigenvalue weighted by Gasteiger charge is 2.29. The first-order valence-corrected chi connectivity index (χ1v) is 5.17. The van der Waals surface area contributed by atoms with Gasteiger partial charge in [0.2, 0.25) is 5.91 Å². The Morgan fingerprint density at radius 3 is 2.67 bits per heavy atom. The minimum atomic E-state index is -0.505. The quantitative estimate of drug-likeness (QED) is 0.629. The van der Waals surface area contributed by atoms with Crippen molar-refractivity contribution >= 4 is 12.0 Å². The van der Waals surface area contributed by atoms with E-state index in [4.69, 9.17) is 4.74 Å². The van der Waals surface area contributed by atoms with Gasteiger partial charge in [-0.05, 0) is 0 Å². The van der Waals surface area contributed by atoms with Gasteiger partial charge in [-0.15, -0.1) is 0 Å². The molecule has 0 aromatic heterocycles. The SMILES string of the molecule is O=C(CN1CCNCC1)N1CCOC1=O. The van der Waals surface area contributed by atoms with Crippen LogP contribution in [0.1, 0.15) is 0 Å². The first-order valence-electron chi connectivity index (χ1n) is 5.17. The van der Waals surface area contributed by atoms with E-state index in [2.05, 4.69) is 5.32 Å². The Morgan fingerprint density at radius 2 is 2.07 bits per heavy atom. The van der Waals surface area contributed by atoms with Gasteiger partial charge in [0.05, 0.1) is 13.1 Å². The maximum absolute atomic E-state index is 11.7. The largest absolute Gasteiger partial charge is 0.447 e. The molecule has 2 aliphatic rings. The van der Waals surface area contributed by atoms with Crippen LogP contribution in [0.4, 0.5) is 4.79 Å². The Hall–Kier alpha value is -1.14. The van der Waals surface area contributed by atoms with Crippen molar-refractivity contribution in [2.24, 2.45) is 0 Å². The van der Waals surface area contributed by atoms with Gasteiger partial charge < -0.3 is 10.1 Å². The average Bonchev–Trinajstić information content (AvgIpc) is 2.66. The number of imide groups is 1. The third kappa shape index (κ3) is 2.45. The minimum Gasteiger partial charge on any atom is -0.447 e. The molecule has 2 heterocycles. The van der Waals surface area contributed by atoms with Gasteiger partial charge in [0.1, 0.15) is 6.61 Å². The molecule has 0 aliphatic carbocycles. The normalized spacial score (nSPS) is 22.9. The number of amides is 2. The predicted octanol–water partition coefficient (Wildman–Crippen LogP) is -1.13. The summed E-state index contributed by atoms with van der Waals surface area (Å²) in [4.78, 5) is 26.0. The highest BCUT2D eigenvalue weighted by atomic mass is 16.6. The van der Waals surface area contributed by atoms with Crippen LogP contribution in [-0.4, -0.2) is 67.7 Å². The van der Waals surface area contributed by atoms with E-state index in [9.17, 15) is 9.59 Å². The van der Waals surface area contributed by atoms with Crippen LogP contribution in [0.2, 0.25) is 0 Å². The molecule has 15 heavy (non-hydrogen) atoms. The molecule has 0 unspecified atom stereocenters. The maximum atomic E-state index is 11.7. The molecule has 1 N–H and O–H groups in total. The molecule has 2 rings (SSSR count). The number of carbonyl (C=O) groups excluding carboxylic acids is 2. The number of carbonyl (C=O) groups is 2. The molecule has 0 radical (unpaired) electrons. The number of ether oxygens (including phenoxy) is 1. The summed E-state index contributed by atoms with van der Waals surface area (Å²) in [6.45, 7) is 4.55. The zero-order chi connectivity index (χ0) is 10.7. The molecule has 2 aliphatic heterocycles. The number of hydrogen-bond acceptors (Lipinski definition) is 5. The molecule has 2 fully saturated rings. The second kappa shape index (κ2) is 4.59. The standard InChI is InChI=1S/C9H15N3O3/c13-8(12-5-6-15-9(12)14)7-11-3-1-10-2-4-11/h10H,1-7H2. The summed E-state index contributed by atoms with van der Waals surface area (Å²) < 4.78 is 4.71. The monoisotopic (exact) mass is 213 g/mol. The third-order valence-corrected chi connectivity index (χ3v) is 2.63. The lowest BCUT2D eigenvalue weighted by Crippen LogP contribution is -2.48. The Balaban J connectivity index is 1.82. The van der Waals surface area contributed by atoms with E-state index in [0.717, 1.165) is 26.2 Å². The van der Waals surface area contributed by atoms with Crippen LogP contribution in [0.5, 0.6) is 0 Å². The van der Waals surface area contributed by atoms with Crippen LogP contribution in [0, 0.1) is 0 Å². The lowest BCUT2D eigenvalue weighted by Gasteiger charge is -2.27. The van der Waals surface area contributed by atoms with Gasteiger partial charge in [0.15, 0.2) is 0 Å². The average molecular weight is 213 g/mol. The number of hydrogen-bond donors (Lipinski definition) is 1. The molecule has 84 valence electrons. The van der Waals surface area contributed by atoms with Crippen LogP contribution < -0.4 is 5.32 Å². The Labute approximate surface area is 88.2 Å². The van der Waals surface area contributed by atoms with E-state index in [-0.39, 0.29) is 5.91 Å². The van der Waals surface area contributed by atoms with Crippen molar-refractivity contribution < 1.29 is 14.3 Å². The fourth-order valence-corrected chi connectivity index (χ4v) is 1.77. The smallest absolute Gasteiger partial charge is 0.416 e. The first kappa shape index (κ1) is 10.4. The Morgan fingerprint density at radius 1 is 1.33 bits per heavy atom. The highest BCUT2D eigenvalue weighted by molar-refractivity contribution is 5.94. The molecule has 0 aromatic carbocycles. The fraction of sp³-hybridized carbons (Fsp3) is 0.778. The molecule has 0 atom stereocenters. The number of nitrogens with zero attached hydrogens (tertiary/aromatic N) is 2. The minimum absolute atomic E-state index is 0.153. The zero-order valence-electron chi connectivity index (χ0n) is 8.57. The van der Waals surface area contributed by atoms with Gasteiger partial charge >= 0.3 is 6.09 Å². The van der Waals surface area contributed by atoms with E-state index in [0.29, 0.717) is 19.7 Å². The molecule has 0 aromatic rings. The summed E-state index contributed by atoms with van der Waals surface area (Å²) in [7, 11) is 0. The summed E-state index contributed by atoms with van der Waals surface area (Å²) in [6.07, 6.45) is -0.505. The van der Waals surface area contributed by atoms with Gasteiger partial charge in [-0.1, -0.05) is 0 Å². The van der Waals surface area contributed by atoms with Gasteiger partial charge in [0.25, 0.3) is 0 Å². The van der Waals surface area contributed by atoms with E-state index in [1.165, 1.54) is 4.90 Å². The van der Waals surface area contributed by atoms with Crippen molar-refractivity contribution in [3.63, 3.8) is 0 Å². The van der Waals surface area contributed by atoms with Crippen molar-refractivity contribution in [3.8, 4) is 0 Å². The van der Waals surface area contributed by atoms with Gasteiger partial charge in [0, 0.05) is 26.2 Å². The second-order valence-corrected chi connectivity index (χ2v) is 3.69. The van der Waals surface area contributed by atoms with Crippen molar-refractivity contribution in [1.82, 2.24) is 15.1 Å². The van der Waals surface area contributed by atoms with Gasteiger partial charge in [-0.3, -0.25) is 9.69 Å². The molecule has 0 spiro atoms. The van der Waals surface area contributed by atoms with Crippen LogP contribution in [0.25, 0.3) is 0 Å². The molecule has 0 bridgehead atoms. The Bertz CT molecular complexity index is 263. The van der Waals surface area contributed by atoms with Crippen LogP contribution in [0.15, 0.2) is 0 Å². The maximum Gasteiger partial charge on any atom is 0.416 e. The zero-order valence-corrected chi connectivity index (χ0v) is 8.57. The van der Waals surface area contributed by atoms with Crippen LogP contribution >= 0.6 is 0 Å². The molecule has 6 heteroatoms. The van der Waals surface area contributed by atoms with Gasteiger partial charge in [-0.2, -0.15) is 0 Å². The van der Waals surface area contributed by atoms with Crippen molar-refractivity contribution in [2.75, 3.05) is 45.9 Å². The number of nitrogens with one attached hydrogen (secondary N) is 1. The second-order valence-electron chi connectivity index (χ2n) is 3.69. The topological polar surface area (TPSA) is 61.9 Å². The lowest BCUT2D eigenvalue weighted by molar-refractivity contribution is -0.129. The summed E-state index contributed by atoms with van der Waals surface area (Å²) in [5, 5.41) is 3.21. The fourth-order valence-electron chi connectivity index (χ4n) is 1.77. The lowest BCUT2D eigenvalue weighted by atomic mass is 10.3. The van der Waals surface area contributed by atoms with Crippen LogP contribution in [-0.2, 0) is 9.53 Å². The van der Waals surface area contributed by atoms with E-state index < -0.39 is 6.09 Å². The molecule has 0 saturated carbocycles. The molecular weight excluding hydrogens is 198 g/mol. The van der Waals surface area contributed by atoms with E-state index >= 15 is 0 Å². The summed E-state index contributed by atoms with van der Waals surface area (Å²) >= 11 is 0. The van der Waals surface area contributed by atoms with Crippen LogP contribution in [0.3, 0.4) is 0 Å². The molecule has 2 amide bonds. The highest BCUT2D eigenvalue weighted by Crippen LogP contribution is 2.04. The van der Waals surface area contributed by atoms with Gasteiger partial charge in [-0.25, -0.2) is 9.69 Å². The Kier molecular flexibility index (Phi) is 3.17.